The molecule has 0 unspecified atom stereocenters. The van der Waals surface area contributed by atoms with Crippen LogP contribution < -0.4 is 10.0 Å². The largest absolute Gasteiger partial charge is 0.298 e. The molecule has 0 radical (unpaired) electrons. The molecule has 1 saturated heterocycles. The SMILES string of the molecule is O=C(Nc1nc(CN2CCCCC2)cs1)c1cccc(S(=O)(=O)NCc2ccccc2)c1. The smallest absolute Gasteiger partial charge is 0.257 e. The fourth-order valence-corrected chi connectivity index (χ4v) is 5.37. The molecule has 1 aliphatic rings. The van der Waals surface area contributed by atoms with Gasteiger partial charge in [-0.25, -0.2) is 18.1 Å². The summed E-state index contributed by atoms with van der Waals surface area (Å²) in [5.41, 5.74) is 2.06. The number of carbonyl (C=O) groups excluding carboxylic acids is 1. The summed E-state index contributed by atoms with van der Waals surface area (Å²) >= 11 is 1.38. The standard InChI is InChI=1S/C23H26N4O3S2/c28-22(26-23-25-20(17-31-23)16-27-12-5-2-6-13-27)19-10-7-11-21(14-19)32(29,30)24-15-18-8-3-1-4-9-18/h1,3-4,7-11,14,17,24H,2,5-6,12-13,15-16H2,(H,25,26,28). The molecule has 2 N–H and O–H groups in total. The summed E-state index contributed by atoms with van der Waals surface area (Å²) < 4.78 is 27.9. The zero-order chi connectivity index (χ0) is 22.4. The minimum atomic E-state index is -3.75. The van der Waals surface area contributed by atoms with E-state index < -0.39 is 10.0 Å². The van der Waals surface area contributed by atoms with Crippen molar-refractivity contribution < 1.29 is 13.2 Å². The summed E-state index contributed by atoms with van der Waals surface area (Å²) in [4.78, 5) is 19.6. The topological polar surface area (TPSA) is 91.4 Å². The van der Waals surface area contributed by atoms with E-state index in [4.69, 9.17) is 0 Å². The van der Waals surface area contributed by atoms with Gasteiger partial charge in [-0.3, -0.25) is 15.0 Å². The van der Waals surface area contributed by atoms with Crippen LogP contribution in [0.25, 0.3) is 0 Å². The second-order valence-electron chi connectivity index (χ2n) is 7.77. The van der Waals surface area contributed by atoms with Gasteiger partial charge in [-0.2, -0.15) is 0 Å². The molecule has 1 aromatic heterocycles. The second kappa shape index (κ2) is 10.4. The van der Waals surface area contributed by atoms with E-state index in [1.54, 1.807) is 12.1 Å². The Hall–Kier alpha value is -2.59. The average molecular weight is 471 g/mol. The van der Waals surface area contributed by atoms with Crippen molar-refractivity contribution in [2.24, 2.45) is 0 Å². The van der Waals surface area contributed by atoms with Gasteiger partial charge in [-0.1, -0.05) is 42.8 Å². The molecule has 1 fully saturated rings. The van der Waals surface area contributed by atoms with Crippen molar-refractivity contribution in [1.29, 1.82) is 0 Å². The van der Waals surface area contributed by atoms with Crippen molar-refractivity contribution in [2.75, 3.05) is 18.4 Å². The summed E-state index contributed by atoms with van der Waals surface area (Å²) in [6.07, 6.45) is 3.71. The first kappa shape index (κ1) is 22.6. The second-order valence-corrected chi connectivity index (χ2v) is 10.4. The Bertz CT molecular complexity index is 1160. The molecule has 0 saturated carbocycles. The lowest BCUT2D eigenvalue weighted by molar-refractivity contribution is 0.102. The third-order valence-corrected chi connectivity index (χ3v) is 7.53. The van der Waals surface area contributed by atoms with Gasteiger partial charge in [-0.05, 0) is 49.7 Å². The van der Waals surface area contributed by atoms with Crippen LogP contribution in [0.5, 0.6) is 0 Å². The van der Waals surface area contributed by atoms with E-state index in [9.17, 15) is 13.2 Å². The highest BCUT2D eigenvalue weighted by atomic mass is 32.2. The van der Waals surface area contributed by atoms with E-state index in [1.165, 1.54) is 42.7 Å². The highest BCUT2D eigenvalue weighted by molar-refractivity contribution is 7.89. The van der Waals surface area contributed by atoms with Gasteiger partial charge in [0.15, 0.2) is 5.13 Å². The number of carbonyl (C=O) groups is 1. The minimum Gasteiger partial charge on any atom is -0.298 e. The Labute approximate surface area is 192 Å². The molecule has 32 heavy (non-hydrogen) atoms. The van der Waals surface area contributed by atoms with Gasteiger partial charge in [-0.15, -0.1) is 11.3 Å². The van der Waals surface area contributed by atoms with Crippen LogP contribution in [-0.4, -0.2) is 37.3 Å². The lowest BCUT2D eigenvalue weighted by Crippen LogP contribution is -2.29. The van der Waals surface area contributed by atoms with E-state index in [0.717, 1.165) is 30.9 Å². The molecule has 1 aliphatic heterocycles. The van der Waals surface area contributed by atoms with Gasteiger partial charge in [0, 0.05) is 24.0 Å². The van der Waals surface area contributed by atoms with E-state index >= 15 is 0 Å². The van der Waals surface area contributed by atoms with Crippen LogP contribution in [0, 0.1) is 0 Å². The predicted octanol–water partition coefficient (Wildman–Crippen LogP) is 3.86. The number of anilines is 1. The third-order valence-electron chi connectivity index (χ3n) is 5.32. The van der Waals surface area contributed by atoms with Crippen molar-refractivity contribution in [1.82, 2.24) is 14.6 Å². The predicted molar refractivity (Wildman–Crippen MR) is 126 cm³/mol. The van der Waals surface area contributed by atoms with Crippen molar-refractivity contribution in [3.63, 3.8) is 0 Å². The van der Waals surface area contributed by atoms with Gasteiger partial charge in [0.05, 0.1) is 10.6 Å². The van der Waals surface area contributed by atoms with Crippen LogP contribution in [0.15, 0.2) is 64.9 Å². The van der Waals surface area contributed by atoms with Crippen molar-refractivity contribution in [2.45, 2.75) is 37.2 Å². The highest BCUT2D eigenvalue weighted by Gasteiger charge is 2.17. The molecule has 0 aliphatic carbocycles. The number of amides is 1. The quantitative estimate of drug-likeness (QED) is 0.522. The van der Waals surface area contributed by atoms with E-state index in [-0.39, 0.29) is 22.9 Å². The number of thiazole rings is 1. The first-order valence-electron chi connectivity index (χ1n) is 10.6. The molecule has 168 valence electrons. The fraction of sp³-hybridized carbons (Fsp3) is 0.304. The van der Waals surface area contributed by atoms with Gasteiger partial charge in [0.25, 0.3) is 5.91 Å². The number of sulfonamides is 1. The third kappa shape index (κ3) is 6.01. The first-order chi connectivity index (χ1) is 15.5. The molecule has 2 aromatic carbocycles. The summed E-state index contributed by atoms with van der Waals surface area (Å²) in [6.45, 7) is 3.13. The van der Waals surface area contributed by atoms with Crippen LogP contribution >= 0.6 is 11.3 Å². The van der Waals surface area contributed by atoms with Crippen LogP contribution in [-0.2, 0) is 23.1 Å². The van der Waals surface area contributed by atoms with Gasteiger partial charge < -0.3 is 0 Å². The lowest BCUT2D eigenvalue weighted by Gasteiger charge is -2.25. The monoisotopic (exact) mass is 470 g/mol. The maximum absolute atomic E-state index is 12.7. The number of nitrogens with one attached hydrogen (secondary N) is 2. The number of rotatable bonds is 8. The average Bonchev–Trinajstić information content (AvgIpc) is 3.26. The Morgan fingerprint density at radius 1 is 1.03 bits per heavy atom. The maximum atomic E-state index is 12.7. The summed E-state index contributed by atoms with van der Waals surface area (Å²) in [7, 11) is -3.75. The van der Waals surface area contributed by atoms with Crippen LogP contribution in [0.2, 0.25) is 0 Å². The highest BCUT2D eigenvalue weighted by Crippen LogP contribution is 2.20. The van der Waals surface area contributed by atoms with Crippen LogP contribution in [0.3, 0.4) is 0 Å². The zero-order valence-electron chi connectivity index (χ0n) is 17.7. The Morgan fingerprint density at radius 3 is 2.59 bits per heavy atom. The van der Waals surface area contributed by atoms with E-state index in [0.29, 0.717) is 5.13 Å². The Balaban J connectivity index is 1.38. The summed E-state index contributed by atoms with van der Waals surface area (Å²) in [5.74, 6) is -0.385. The molecule has 4 rings (SSSR count). The van der Waals surface area contributed by atoms with Crippen molar-refractivity contribution >= 4 is 32.4 Å². The molecule has 7 nitrogen and oxygen atoms in total. The molecule has 0 atom stereocenters. The number of benzene rings is 2. The first-order valence-corrected chi connectivity index (χ1v) is 13.0. The number of hydrogen-bond acceptors (Lipinski definition) is 6. The molecular formula is C23H26N4O3S2. The van der Waals surface area contributed by atoms with Gasteiger partial charge in [0.2, 0.25) is 10.0 Å². The maximum Gasteiger partial charge on any atom is 0.257 e. The van der Waals surface area contributed by atoms with E-state index in [1.807, 2.05) is 35.7 Å². The Kier molecular flexibility index (Phi) is 7.31. The van der Waals surface area contributed by atoms with E-state index in [2.05, 4.69) is 19.9 Å². The van der Waals surface area contributed by atoms with Gasteiger partial charge >= 0.3 is 0 Å². The van der Waals surface area contributed by atoms with Crippen LogP contribution in [0.1, 0.15) is 40.9 Å². The van der Waals surface area contributed by atoms with Crippen molar-refractivity contribution in [3.05, 3.63) is 76.8 Å². The molecule has 3 aromatic rings. The lowest BCUT2D eigenvalue weighted by atomic mass is 10.1. The Morgan fingerprint density at radius 2 is 1.81 bits per heavy atom. The molecule has 0 spiro atoms. The molecule has 2 heterocycles. The molecular weight excluding hydrogens is 444 g/mol. The fourth-order valence-electron chi connectivity index (χ4n) is 3.61. The minimum absolute atomic E-state index is 0.0472. The molecule has 0 bridgehead atoms. The molecule has 9 heteroatoms. The van der Waals surface area contributed by atoms with Gasteiger partial charge in [0.1, 0.15) is 0 Å². The number of aromatic nitrogens is 1. The number of piperidine rings is 1. The van der Waals surface area contributed by atoms with Crippen LogP contribution in [0.4, 0.5) is 5.13 Å². The summed E-state index contributed by atoms with van der Waals surface area (Å²) in [5, 5.41) is 5.26. The van der Waals surface area contributed by atoms with Crippen molar-refractivity contribution in [3.8, 4) is 0 Å². The number of nitrogens with zero attached hydrogens (tertiary/aromatic N) is 2. The molecule has 1 amide bonds. The zero-order valence-corrected chi connectivity index (χ0v) is 19.3. The summed E-state index contributed by atoms with van der Waals surface area (Å²) in [6, 6.07) is 15.3. The number of hydrogen-bond donors (Lipinski definition) is 2. The number of likely N-dealkylation sites (tertiary alicyclic amines) is 1. The normalized spacial score (nSPS) is 14.9.